The molecule has 0 saturated carbocycles. The van der Waals surface area contributed by atoms with Crippen molar-refractivity contribution < 1.29 is 98.1 Å². The fourth-order valence-corrected chi connectivity index (χ4v) is 2.26. The zero-order chi connectivity index (χ0) is 17.1. The van der Waals surface area contributed by atoms with Crippen LogP contribution in [0, 0.1) is 49.4 Å². The molecular formula is C23H56Y3-4. The molecule has 0 aromatic heterocycles. The third kappa shape index (κ3) is 34.8. The van der Waals surface area contributed by atoms with Gasteiger partial charge < -0.3 is 31.6 Å². The Labute approximate surface area is 249 Å². The standard InChI is InChI=1S/C14H26.3C2H6.3CH4.3Y/c1-7-11(5)14(12(6)8-2)13(9-3)10-4;3*1-2;;;;;;/h7-14H,1-6H3;3*1-2H3;3*1H4;;;/q-4;;;;;;;;;/t11-,12+,14?;;;;;;;;;. The summed E-state index contributed by atoms with van der Waals surface area (Å²) in [7, 11) is 0. The Morgan fingerprint density at radius 3 is 0.769 bits per heavy atom. The van der Waals surface area contributed by atoms with Crippen molar-refractivity contribution in [3.63, 3.8) is 0 Å². The van der Waals surface area contributed by atoms with Crippen molar-refractivity contribution in [3.8, 4) is 0 Å². The molecule has 0 fully saturated rings. The summed E-state index contributed by atoms with van der Waals surface area (Å²) < 4.78 is 0. The van der Waals surface area contributed by atoms with Crippen molar-refractivity contribution in [3.05, 3.63) is 25.7 Å². The van der Waals surface area contributed by atoms with E-state index in [9.17, 15) is 0 Å². The third-order valence-electron chi connectivity index (χ3n) is 3.48. The van der Waals surface area contributed by atoms with Crippen molar-refractivity contribution >= 4 is 0 Å². The van der Waals surface area contributed by atoms with E-state index in [0.717, 1.165) is 5.92 Å². The van der Waals surface area contributed by atoms with E-state index in [1.54, 1.807) is 0 Å². The number of hydrogen-bond acceptors (Lipinski definition) is 0. The van der Waals surface area contributed by atoms with Crippen LogP contribution in [0.3, 0.4) is 0 Å². The second-order valence-electron chi connectivity index (χ2n) is 4.21. The van der Waals surface area contributed by atoms with Gasteiger partial charge in [-0.3, -0.25) is 0 Å². The minimum atomic E-state index is 0. The number of rotatable bonds is 7. The topological polar surface area (TPSA) is 0 Å². The SMILES string of the molecule is C.C.C.CC.CC.CC.C[CH-]C([CH-]C)C([C@H](C)[CH-]C)[C@@H](C)[CH-]C.[Y].[Y].[Y]. The molecule has 0 N–H and O–H groups in total. The van der Waals surface area contributed by atoms with Crippen LogP contribution in [-0.4, -0.2) is 0 Å². The first-order valence-electron chi connectivity index (χ1n) is 8.80. The van der Waals surface area contributed by atoms with E-state index in [1.165, 1.54) is 0 Å². The van der Waals surface area contributed by atoms with Gasteiger partial charge in [0.15, 0.2) is 0 Å². The fraction of sp³-hybridized carbons (Fsp3) is 0.826. The molecule has 0 spiro atoms. The molecule has 0 rings (SSSR count). The van der Waals surface area contributed by atoms with Crippen molar-refractivity contribution in [1.29, 1.82) is 0 Å². The van der Waals surface area contributed by atoms with E-state index in [0.29, 0.717) is 17.8 Å². The smallest absolute Gasteiger partial charge is 0 e. The Kier molecular flexibility index (Phi) is 137. The van der Waals surface area contributed by atoms with Crippen molar-refractivity contribution in [2.24, 2.45) is 23.7 Å². The van der Waals surface area contributed by atoms with Gasteiger partial charge in [-0.15, -0.1) is 5.92 Å². The maximum Gasteiger partial charge on any atom is 0 e. The van der Waals surface area contributed by atoms with Crippen LogP contribution in [0.15, 0.2) is 0 Å². The third-order valence-corrected chi connectivity index (χ3v) is 3.48. The van der Waals surface area contributed by atoms with Gasteiger partial charge in [0, 0.05) is 98.1 Å². The van der Waals surface area contributed by atoms with Crippen LogP contribution in [0.2, 0.25) is 0 Å². The van der Waals surface area contributed by atoms with E-state index < -0.39 is 0 Å². The van der Waals surface area contributed by atoms with Crippen LogP contribution < -0.4 is 0 Å². The first kappa shape index (κ1) is 63.0. The van der Waals surface area contributed by atoms with Crippen LogP contribution in [0.4, 0.5) is 0 Å². The van der Waals surface area contributed by atoms with E-state index in [2.05, 4.69) is 67.2 Å². The molecule has 1 unspecified atom stereocenters. The normalized spacial score (nSPS) is 10.5. The Morgan fingerprint density at radius 2 is 0.654 bits per heavy atom. The van der Waals surface area contributed by atoms with E-state index >= 15 is 0 Å². The summed E-state index contributed by atoms with van der Waals surface area (Å²) in [6.07, 6.45) is 9.30. The Hall–Kier alpha value is 3.31. The molecule has 0 aliphatic rings. The van der Waals surface area contributed by atoms with Gasteiger partial charge in [-0.05, 0) is 0 Å². The second kappa shape index (κ2) is 56.6. The van der Waals surface area contributed by atoms with Gasteiger partial charge in [-0.2, -0.15) is 39.5 Å². The van der Waals surface area contributed by atoms with Crippen molar-refractivity contribution in [2.45, 2.75) is 105 Å². The minimum absolute atomic E-state index is 0. The van der Waals surface area contributed by atoms with E-state index in [-0.39, 0.29) is 120 Å². The zero-order valence-electron chi connectivity index (χ0n) is 18.4. The predicted molar refractivity (Wildman–Crippen MR) is 119 cm³/mol. The Balaban J connectivity index is -0.0000000242. The second-order valence-corrected chi connectivity index (χ2v) is 4.21. The molecule has 3 radical (unpaired) electrons. The van der Waals surface area contributed by atoms with Crippen LogP contribution >= 0.6 is 0 Å². The van der Waals surface area contributed by atoms with Gasteiger partial charge in [-0.25, -0.2) is 0 Å². The van der Waals surface area contributed by atoms with Gasteiger partial charge in [0.2, 0.25) is 0 Å². The predicted octanol–water partition coefficient (Wildman–Crippen LogP) is 9.37. The number of hydrogen-bond donors (Lipinski definition) is 0. The quantitative estimate of drug-likeness (QED) is 0.256. The van der Waals surface area contributed by atoms with E-state index in [4.69, 9.17) is 0 Å². The molecule has 161 valence electrons. The average Bonchev–Trinajstić information content (AvgIpc) is 2.56. The summed E-state index contributed by atoms with van der Waals surface area (Å²) in [6.45, 7) is 25.3. The summed E-state index contributed by atoms with van der Waals surface area (Å²) in [5, 5.41) is 0. The molecule has 0 nitrogen and oxygen atoms in total. The monoisotopic (exact) mass is 599 g/mol. The molecular weight excluding hydrogens is 543 g/mol. The van der Waals surface area contributed by atoms with Crippen LogP contribution in [0.5, 0.6) is 0 Å². The fourth-order valence-electron chi connectivity index (χ4n) is 2.26. The summed E-state index contributed by atoms with van der Waals surface area (Å²) in [5.74, 6) is 2.71. The van der Waals surface area contributed by atoms with Gasteiger partial charge >= 0.3 is 0 Å². The molecule has 26 heavy (non-hydrogen) atoms. The molecule has 0 aromatic carbocycles. The molecule has 0 bridgehead atoms. The molecule has 0 saturated heterocycles. The largest absolute Gasteiger partial charge is 0.357 e. The minimum Gasteiger partial charge on any atom is -0.357 e. The Bertz CT molecular complexity index is 127. The summed E-state index contributed by atoms with van der Waals surface area (Å²) >= 11 is 0. The molecule has 3 atom stereocenters. The van der Waals surface area contributed by atoms with Gasteiger partial charge in [-0.1, -0.05) is 77.7 Å². The maximum absolute atomic E-state index is 2.32. The summed E-state index contributed by atoms with van der Waals surface area (Å²) in [5.41, 5.74) is 0. The van der Waals surface area contributed by atoms with Crippen molar-refractivity contribution in [2.75, 3.05) is 0 Å². The molecule has 0 aliphatic heterocycles. The first-order chi connectivity index (χ1) is 9.62. The summed E-state index contributed by atoms with van der Waals surface area (Å²) in [4.78, 5) is 0. The summed E-state index contributed by atoms with van der Waals surface area (Å²) in [6, 6.07) is 0. The van der Waals surface area contributed by atoms with Crippen LogP contribution in [0.25, 0.3) is 0 Å². The van der Waals surface area contributed by atoms with Crippen LogP contribution in [-0.2, 0) is 98.1 Å². The molecule has 0 aromatic rings. The van der Waals surface area contributed by atoms with Gasteiger partial charge in [0.25, 0.3) is 0 Å². The average molecular weight is 599 g/mol. The molecule has 0 aliphatic carbocycles. The molecule has 3 heteroatoms. The molecule has 0 heterocycles. The maximum atomic E-state index is 2.32. The van der Waals surface area contributed by atoms with Crippen molar-refractivity contribution in [1.82, 2.24) is 0 Å². The van der Waals surface area contributed by atoms with Gasteiger partial charge in [0.1, 0.15) is 0 Å². The zero-order valence-corrected chi connectivity index (χ0v) is 26.9. The van der Waals surface area contributed by atoms with Crippen LogP contribution in [0.1, 0.15) is 105 Å². The van der Waals surface area contributed by atoms with E-state index in [1.807, 2.05) is 41.5 Å². The van der Waals surface area contributed by atoms with Gasteiger partial charge in [0.05, 0.1) is 0 Å². The first-order valence-corrected chi connectivity index (χ1v) is 8.80. The Morgan fingerprint density at radius 1 is 0.462 bits per heavy atom. The molecule has 0 amide bonds.